The van der Waals surface area contributed by atoms with E-state index in [1.165, 1.54) is 10.9 Å². The zero-order valence-corrected chi connectivity index (χ0v) is 16.0. The maximum absolute atomic E-state index is 12.8. The Bertz CT molecular complexity index is 1010. The van der Waals surface area contributed by atoms with Crippen molar-refractivity contribution in [1.82, 2.24) is 19.7 Å². The number of benzene rings is 1. The third kappa shape index (κ3) is 2.76. The third-order valence-electron chi connectivity index (χ3n) is 5.69. The number of amides is 3. The lowest BCUT2D eigenvalue weighted by Gasteiger charge is -2.29. The summed E-state index contributed by atoms with van der Waals surface area (Å²) in [4.78, 5) is 37.9. The van der Waals surface area contributed by atoms with Gasteiger partial charge in [0, 0.05) is 12.6 Å². The van der Waals surface area contributed by atoms with Crippen molar-refractivity contribution in [2.45, 2.75) is 44.6 Å². The van der Waals surface area contributed by atoms with Gasteiger partial charge in [-0.15, -0.1) is 5.01 Å². The highest BCUT2D eigenvalue weighted by molar-refractivity contribution is 6.07. The van der Waals surface area contributed by atoms with Crippen LogP contribution in [0.1, 0.15) is 43.4 Å². The molecule has 1 saturated carbocycles. The van der Waals surface area contributed by atoms with E-state index >= 15 is 0 Å². The first-order valence-corrected chi connectivity index (χ1v) is 9.49. The molecule has 8 heteroatoms. The number of para-hydroxylation sites is 1. The van der Waals surface area contributed by atoms with Crippen LogP contribution in [0.15, 0.2) is 40.2 Å². The summed E-state index contributed by atoms with van der Waals surface area (Å²) >= 11 is 0. The Labute approximate surface area is 162 Å². The van der Waals surface area contributed by atoms with E-state index in [1.54, 1.807) is 18.7 Å². The molecule has 2 aromatic rings. The molecule has 1 aliphatic heterocycles. The van der Waals surface area contributed by atoms with Crippen molar-refractivity contribution in [3.05, 3.63) is 51.9 Å². The predicted molar refractivity (Wildman–Crippen MR) is 105 cm³/mol. The van der Waals surface area contributed by atoms with Crippen LogP contribution < -0.4 is 10.9 Å². The molecule has 2 heterocycles. The van der Waals surface area contributed by atoms with Gasteiger partial charge in [0.1, 0.15) is 5.54 Å². The number of carbonyl (C=O) groups is 2. The fourth-order valence-corrected chi connectivity index (χ4v) is 4.11. The summed E-state index contributed by atoms with van der Waals surface area (Å²) in [6.07, 6.45) is 5.60. The molecule has 146 valence electrons. The fraction of sp³-hybridized carbons (Fsp3) is 0.400. The molecule has 1 N–H and O–H groups in total. The average Bonchev–Trinajstić information content (AvgIpc) is 3.05. The van der Waals surface area contributed by atoms with Crippen LogP contribution in [0.25, 0.3) is 5.69 Å². The summed E-state index contributed by atoms with van der Waals surface area (Å²) in [5, 5.41) is 7.87. The van der Waals surface area contributed by atoms with Crippen molar-refractivity contribution in [2.24, 2.45) is 12.1 Å². The number of hydrogen-bond donors (Lipinski definition) is 1. The maximum atomic E-state index is 12.8. The van der Waals surface area contributed by atoms with Crippen molar-refractivity contribution >= 4 is 18.2 Å². The number of nitrogens with zero attached hydrogens (tertiary/aromatic N) is 4. The number of nitrogens with one attached hydrogen (secondary N) is 1. The Morgan fingerprint density at radius 3 is 2.43 bits per heavy atom. The molecule has 1 aromatic carbocycles. The Morgan fingerprint density at radius 2 is 1.75 bits per heavy atom. The minimum Gasteiger partial charge on any atom is -0.321 e. The van der Waals surface area contributed by atoms with E-state index in [-0.39, 0.29) is 11.5 Å². The zero-order chi connectivity index (χ0) is 19.9. The van der Waals surface area contributed by atoms with Crippen LogP contribution in [0.4, 0.5) is 4.79 Å². The van der Waals surface area contributed by atoms with Gasteiger partial charge in [-0.25, -0.2) is 9.48 Å². The number of imide groups is 1. The van der Waals surface area contributed by atoms with E-state index in [4.69, 9.17) is 0 Å². The molecule has 8 nitrogen and oxygen atoms in total. The van der Waals surface area contributed by atoms with Gasteiger partial charge in [-0.1, -0.05) is 37.5 Å². The Balaban J connectivity index is 1.67. The van der Waals surface area contributed by atoms with E-state index < -0.39 is 11.6 Å². The van der Waals surface area contributed by atoms with Crippen molar-refractivity contribution in [3.8, 4) is 5.69 Å². The summed E-state index contributed by atoms with van der Waals surface area (Å²) < 4.78 is 3.20. The van der Waals surface area contributed by atoms with Crippen LogP contribution in [0.5, 0.6) is 0 Å². The van der Waals surface area contributed by atoms with Gasteiger partial charge in [-0.3, -0.25) is 14.3 Å². The number of carbonyl (C=O) groups excluding carboxylic acids is 2. The van der Waals surface area contributed by atoms with Gasteiger partial charge in [0.2, 0.25) is 0 Å². The second-order valence-electron chi connectivity index (χ2n) is 7.42. The molecular formula is C20H23N5O3. The lowest BCUT2D eigenvalue weighted by molar-refractivity contribution is -0.132. The normalized spacial score (nSPS) is 19.0. The van der Waals surface area contributed by atoms with Gasteiger partial charge in [0.05, 0.1) is 17.6 Å². The maximum Gasteiger partial charge on any atom is 0.346 e. The Morgan fingerprint density at radius 1 is 1.07 bits per heavy atom. The molecule has 1 aromatic heterocycles. The minimum atomic E-state index is -0.816. The molecular weight excluding hydrogens is 358 g/mol. The summed E-state index contributed by atoms with van der Waals surface area (Å²) in [5.74, 6) is -0.307. The quantitative estimate of drug-likeness (QED) is 0.652. The van der Waals surface area contributed by atoms with Crippen molar-refractivity contribution in [2.75, 3.05) is 0 Å². The molecule has 0 bridgehead atoms. The molecule has 0 atom stereocenters. The second-order valence-corrected chi connectivity index (χ2v) is 7.42. The molecule has 2 aliphatic rings. The van der Waals surface area contributed by atoms with Gasteiger partial charge in [0.25, 0.3) is 11.5 Å². The number of urea groups is 1. The molecule has 3 amide bonds. The average molecular weight is 381 g/mol. The van der Waals surface area contributed by atoms with Crippen molar-refractivity contribution in [1.29, 1.82) is 0 Å². The van der Waals surface area contributed by atoms with Crippen molar-refractivity contribution < 1.29 is 9.59 Å². The van der Waals surface area contributed by atoms with Crippen LogP contribution in [-0.4, -0.2) is 38.1 Å². The van der Waals surface area contributed by atoms with Crippen molar-refractivity contribution in [3.63, 3.8) is 0 Å². The first-order valence-electron chi connectivity index (χ1n) is 9.49. The molecule has 28 heavy (non-hydrogen) atoms. The van der Waals surface area contributed by atoms with Crippen LogP contribution in [-0.2, 0) is 11.8 Å². The second kappa shape index (κ2) is 6.78. The third-order valence-corrected chi connectivity index (χ3v) is 5.69. The first-order chi connectivity index (χ1) is 13.4. The van der Waals surface area contributed by atoms with Crippen LogP contribution >= 0.6 is 0 Å². The van der Waals surface area contributed by atoms with E-state index in [2.05, 4.69) is 10.4 Å². The van der Waals surface area contributed by atoms with E-state index in [9.17, 15) is 14.4 Å². The molecule has 1 aliphatic carbocycles. The Hall–Kier alpha value is -3.16. The van der Waals surface area contributed by atoms with Crippen LogP contribution in [0.2, 0.25) is 0 Å². The Kier molecular flexibility index (Phi) is 4.41. The van der Waals surface area contributed by atoms with Gasteiger partial charge >= 0.3 is 6.03 Å². The highest BCUT2D eigenvalue weighted by Gasteiger charge is 2.51. The SMILES string of the molecule is Cc1c(C=NN2C(=O)NC3(CCCCC3)C2=O)n(C)n(-c2ccccc2)c1=O. The molecule has 2 fully saturated rings. The number of hydrazone groups is 1. The predicted octanol–water partition coefficient (Wildman–Crippen LogP) is 2.07. The summed E-state index contributed by atoms with van der Waals surface area (Å²) in [7, 11) is 1.75. The lowest BCUT2D eigenvalue weighted by atomic mass is 9.82. The smallest absolute Gasteiger partial charge is 0.321 e. The largest absolute Gasteiger partial charge is 0.346 e. The number of hydrogen-bond acceptors (Lipinski definition) is 4. The number of aromatic nitrogens is 2. The van der Waals surface area contributed by atoms with E-state index in [1.807, 2.05) is 30.3 Å². The highest BCUT2D eigenvalue weighted by atomic mass is 16.2. The summed E-state index contributed by atoms with van der Waals surface area (Å²) in [5.41, 5.74) is 0.780. The van der Waals surface area contributed by atoms with Gasteiger partial charge < -0.3 is 5.32 Å². The van der Waals surface area contributed by atoms with Crippen LogP contribution in [0.3, 0.4) is 0 Å². The molecule has 0 unspecified atom stereocenters. The molecule has 0 radical (unpaired) electrons. The van der Waals surface area contributed by atoms with E-state index in [0.29, 0.717) is 24.1 Å². The molecule has 1 saturated heterocycles. The summed E-state index contributed by atoms with van der Waals surface area (Å²) in [6, 6.07) is 8.76. The topological polar surface area (TPSA) is 88.7 Å². The standard InChI is InChI=1S/C20H23N5O3/c1-14-16(23(2)25(17(14)26)15-9-5-3-6-10-15)13-21-24-18(27)20(22-19(24)28)11-7-4-8-12-20/h3,5-6,9-10,13H,4,7-8,11-12H2,1-2H3,(H,22,28). The highest BCUT2D eigenvalue weighted by Crippen LogP contribution is 2.33. The molecule has 4 rings (SSSR count). The zero-order valence-electron chi connectivity index (χ0n) is 16.0. The lowest BCUT2D eigenvalue weighted by Crippen LogP contribution is -2.48. The van der Waals surface area contributed by atoms with Gasteiger partial charge in [-0.05, 0) is 31.9 Å². The monoisotopic (exact) mass is 381 g/mol. The first kappa shape index (κ1) is 18.2. The number of rotatable bonds is 3. The summed E-state index contributed by atoms with van der Waals surface area (Å²) in [6.45, 7) is 1.71. The fourth-order valence-electron chi connectivity index (χ4n) is 4.11. The molecule has 1 spiro atoms. The van der Waals surface area contributed by atoms with Gasteiger partial charge in [0.15, 0.2) is 0 Å². The van der Waals surface area contributed by atoms with Crippen LogP contribution in [0, 0.1) is 6.92 Å². The minimum absolute atomic E-state index is 0.170. The van der Waals surface area contributed by atoms with E-state index in [0.717, 1.165) is 30.0 Å². The van der Waals surface area contributed by atoms with Gasteiger partial charge in [-0.2, -0.15) is 5.10 Å².